The smallest absolute Gasteiger partial charge is 0.338 e. The molecule has 178 valence electrons. The van der Waals surface area contributed by atoms with Gasteiger partial charge in [-0.1, -0.05) is 37.1 Å². The molecule has 0 aromatic heterocycles. The Hall–Kier alpha value is -3.68. The van der Waals surface area contributed by atoms with Gasteiger partial charge in [-0.3, -0.25) is 14.4 Å². The minimum atomic E-state index is -0.619. The number of rotatable bonds is 8. The van der Waals surface area contributed by atoms with Gasteiger partial charge in [-0.15, -0.1) is 0 Å². The fourth-order valence-electron chi connectivity index (χ4n) is 4.36. The van der Waals surface area contributed by atoms with E-state index in [0.717, 1.165) is 44.2 Å². The summed E-state index contributed by atoms with van der Waals surface area (Å²) < 4.78 is 5.14. The van der Waals surface area contributed by atoms with Crippen LogP contribution < -0.4 is 10.6 Å². The van der Waals surface area contributed by atoms with Gasteiger partial charge in [-0.05, 0) is 49.1 Å². The molecule has 2 aliphatic rings. The molecule has 0 bridgehead atoms. The lowest BCUT2D eigenvalue weighted by Gasteiger charge is -2.15. The van der Waals surface area contributed by atoms with Crippen molar-refractivity contribution in [1.82, 2.24) is 10.2 Å². The van der Waals surface area contributed by atoms with Crippen LogP contribution in [-0.4, -0.2) is 47.8 Å². The minimum Gasteiger partial charge on any atom is -0.452 e. The number of anilines is 1. The molecular weight excluding hydrogens is 434 g/mol. The molecule has 0 spiro atoms. The molecule has 0 radical (unpaired) electrons. The van der Waals surface area contributed by atoms with E-state index in [4.69, 9.17) is 4.74 Å². The first-order valence-corrected chi connectivity index (χ1v) is 11.7. The molecule has 34 heavy (non-hydrogen) atoms. The molecule has 1 heterocycles. The summed E-state index contributed by atoms with van der Waals surface area (Å²) in [4.78, 5) is 50.9. The first kappa shape index (κ1) is 23.5. The number of carbonyl (C=O) groups is 4. The third-order valence-electron chi connectivity index (χ3n) is 6.20. The van der Waals surface area contributed by atoms with Gasteiger partial charge in [-0.2, -0.15) is 0 Å². The molecule has 3 amide bonds. The zero-order valence-electron chi connectivity index (χ0n) is 19.0. The highest BCUT2D eigenvalue weighted by molar-refractivity contribution is 6.04. The quantitative estimate of drug-likeness (QED) is 0.585. The van der Waals surface area contributed by atoms with Crippen molar-refractivity contribution < 1.29 is 23.9 Å². The molecule has 1 aliphatic heterocycles. The van der Waals surface area contributed by atoms with Crippen molar-refractivity contribution in [3.63, 3.8) is 0 Å². The standard InChI is InChI=1S/C26H29N3O5/c30-23(28-22-9-4-3-8-21(22)25(32)27-20-6-1-2-7-20)17-34-26(33)19-13-11-18(12-14-19)16-29-15-5-10-24(29)31/h3-4,8-9,11-14,20H,1-2,5-7,10,15-17H2,(H,27,32)(H,28,30). The molecular formula is C26H29N3O5. The van der Waals surface area contributed by atoms with Crippen LogP contribution >= 0.6 is 0 Å². The van der Waals surface area contributed by atoms with E-state index in [1.54, 1.807) is 53.4 Å². The van der Waals surface area contributed by atoms with Crippen molar-refractivity contribution >= 4 is 29.4 Å². The predicted octanol–water partition coefficient (Wildman–Crippen LogP) is 3.28. The molecule has 0 unspecified atom stereocenters. The van der Waals surface area contributed by atoms with Crippen LogP contribution in [0.1, 0.15) is 64.8 Å². The van der Waals surface area contributed by atoms with Crippen LogP contribution in [0, 0.1) is 0 Å². The second kappa shape index (κ2) is 11.0. The Balaban J connectivity index is 1.28. The van der Waals surface area contributed by atoms with E-state index < -0.39 is 18.5 Å². The maximum absolute atomic E-state index is 12.6. The average molecular weight is 464 g/mol. The summed E-state index contributed by atoms with van der Waals surface area (Å²) in [6.07, 6.45) is 5.61. The summed E-state index contributed by atoms with van der Waals surface area (Å²) in [5.41, 5.74) is 2.00. The summed E-state index contributed by atoms with van der Waals surface area (Å²) in [5, 5.41) is 5.68. The molecule has 1 saturated heterocycles. The van der Waals surface area contributed by atoms with E-state index in [1.165, 1.54) is 0 Å². The van der Waals surface area contributed by atoms with Crippen molar-refractivity contribution in [2.24, 2.45) is 0 Å². The number of amides is 3. The lowest BCUT2D eigenvalue weighted by atomic mass is 10.1. The van der Waals surface area contributed by atoms with Gasteiger partial charge in [0.15, 0.2) is 6.61 Å². The normalized spacial score (nSPS) is 15.9. The number of likely N-dealkylation sites (tertiary alicyclic amines) is 1. The highest BCUT2D eigenvalue weighted by Gasteiger charge is 2.21. The van der Waals surface area contributed by atoms with Crippen LogP contribution in [0.4, 0.5) is 5.69 Å². The Bertz CT molecular complexity index is 1060. The van der Waals surface area contributed by atoms with Crippen molar-refractivity contribution in [2.75, 3.05) is 18.5 Å². The van der Waals surface area contributed by atoms with Crippen LogP contribution in [0.3, 0.4) is 0 Å². The number of carbonyl (C=O) groups excluding carboxylic acids is 4. The van der Waals surface area contributed by atoms with Gasteiger partial charge >= 0.3 is 5.97 Å². The lowest BCUT2D eigenvalue weighted by Crippen LogP contribution is -2.33. The molecule has 4 rings (SSSR count). The zero-order valence-corrected chi connectivity index (χ0v) is 19.0. The van der Waals surface area contributed by atoms with Gasteiger partial charge in [-0.25, -0.2) is 4.79 Å². The summed E-state index contributed by atoms with van der Waals surface area (Å²) in [6, 6.07) is 13.7. The second-order valence-electron chi connectivity index (χ2n) is 8.74. The number of nitrogens with zero attached hydrogens (tertiary/aromatic N) is 1. The van der Waals surface area contributed by atoms with Crippen molar-refractivity contribution in [2.45, 2.75) is 51.1 Å². The van der Waals surface area contributed by atoms with Crippen molar-refractivity contribution in [1.29, 1.82) is 0 Å². The van der Waals surface area contributed by atoms with Crippen molar-refractivity contribution in [3.8, 4) is 0 Å². The predicted molar refractivity (Wildman–Crippen MR) is 126 cm³/mol. The van der Waals surface area contributed by atoms with Crippen LogP contribution in [-0.2, 0) is 20.9 Å². The summed E-state index contributed by atoms with van der Waals surface area (Å²) in [7, 11) is 0. The van der Waals surface area contributed by atoms with E-state index >= 15 is 0 Å². The Morgan fingerprint density at radius 1 is 0.971 bits per heavy atom. The van der Waals surface area contributed by atoms with Gasteiger partial charge < -0.3 is 20.3 Å². The molecule has 2 aromatic carbocycles. The molecule has 8 nitrogen and oxygen atoms in total. The van der Waals surface area contributed by atoms with Crippen molar-refractivity contribution in [3.05, 3.63) is 65.2 Å². The first-order chi connectivity index (χ1) is 16.5. The highest BCUT2D eigenvalue weighted by atomic mass is 16.5. The number of hydrogen-bond acceptors (Lipinski definition) is 5. The summed E-state index contributed by atoms with van der Waals surface area (Å²) in [5.74, 6) is -1.23. The lowest BCUT2D eigenvalue weighted by molar-refractivity contribution is -0.128. The second-order valence-corrected chi connectivity index (χ2v) is 8.74. The maximum atomic E-state index is 12.6. The zero-order chi connectivity index (χ0) is 23.9. The third kappa shape index (κ3) is 6.01. The molecule has 1 saturated carbocycles. The fraction of sp³-hybridized carbons (Fsp3) is 0.385. The van der Waals surface area contributed by atoms with Crippen LogP contribution in [0.2, 0.25) is 0 Å². The topological polar surface area (TPSA) is 105 Å². The average Bonchev–Trinajstić information content (AvgIpc) is 3.50. The fourth-order valence-corrected chi connectivity index (χ4v) is 4.36. The number of ether oxygens (including phenoxy) is 1. The number of benzene rings is 2. The number of nitrogens with one attached hydrogen (secondary N) is 2. The number of hydrogen-bond donors (Lipinski definition) is 2. The molecule has 2 N–H and O–H groups in total. The van der Waals surface area contributed by atoms with Crippen LogP contribution in [0.5, 0.6) is 0 Å². The SMILES string of the molecule is O=C(COC(=O)c1ccc(CN2CCCC2=O)cc1)Nc1ccccc1C(=O)NC1CCCC1. The Kier molecular flexibility index (Phi) is 7.57. The monoisotopic (exact) mass is 463 g/mol. The Morgan fingerprint density at radius 3 is 2.41 bits per heavy atom. The Labute approximate surface area is 198 Å². The molecule has 2 fully saturated rings. The Morgan fingerprint density at radius 2 is 1.71 bits per heavy atom. The molecule has 1 aliphatic carbocycles. The van der Waals surface area contributed by atoms with E-state index in [9.17, 15) is 19.2 Å². The van der Waals surface area contributed by atoms with Gasteiger partial charge in [0.25, 0.3) is 11.8 Å². The highest BCUT2D eigenvalue weighted by Crippen LogP contribution is 2.20. The molecule has 0 atom stereocenters. The molecule has 8 heteroatoms. The third-order valence-corrected chi connectivity index (χ3v) is 6.20. The molecule has 2 aromatic rings. The summed E-state index contributed by atoms with van der Waals surface area (Å²) >= 11 is 0. The van der Waals surface area contributed by atoms with E-state index in [-0.39, 0.29) is 17.9 Å². The maximum Gasteiger partial charge on any atom is 0.338 e. The van der Waals surface area contributed by atoms with Crippen LogP contribution in [0.15, 0.2) is 48.5 Å². The van der Waals surface area contributed by atoms with Gasteiger partial charge in [0, 0.05) is 25.6 Å². The first-order valence-electron chi connectivity index (χ1n) is 11.7. The van der Waals surface area contributed by atoms with E-state index in [1.807, 2.05) is 0 Å². The number of esters is 1. The minimum absolute atomic E-state index is 0.145. The van der Waals surface area contributed by atoms with Gasteiger partial charge in [0.1, 0.15) is 0 Å². The van der Waals surface area contributed by atoms with E-state index in [2.05, 4.69) is 10.6 Å². The van der Waals surface area contributed by atoms with Crippen LogP contribution in [0.25, 0.3) is 0 Å². The summed E-state index contributed by atoms with van der Waals surface area (Å²) in [6.45, 7) is 0.800. The van der Waals surface area contributed by atoms with Gasteiger partial charge in [0.05, 0.1) is 16.8 Å². The van der Waals surface area contributed by atoms with E-state index in [0.29, 0.717) is 29.8 Å². The van der Waals surface area contributed by atoms with Gasteiger partial charge in [0.2, 0.25) is 5.91 Å². The number of para-hydroxylation sites is 1. The largest absolute Gasteiger partial charge is 0.452 e.